The van der Waals surface area contributed by atoms with Gasteiger partial charge < -0.3 is 15.4 Å². The van der Waals surface area contributed by atoms with E-state index in [0.29, 0.717) is 6.54 Å². The van der Waals surface area contributed by atoms with Crippen LogP contribution in [0.4, 0.5) is 5.82 Å². The summed E-state index contributed by atoms with van der Waals surface area (Å²) in [5.41, 5.74) is -0.662. The van der Waals surface area contributed by atoms with Gasteiger partial charge in [0.25, 0.3) is 0 Å². The van der Waals surface area contributed by atoms with Crippen molar-refractivity contribution in [2.45, 2.75) is 19.4 Å². The zero-order valence-corrected chi connectivity index (χ0v) is 6.89. The first-order valence-corrected chi connectivity index (χ1v) is 3.67. The van der Waals surface area contributed by atoms with Crippen molar-refractivity contribution in [2.24, 2.45) is 0 Å². The average Bonchev–Trinajstić information content (AvgIpc) is 2.32. The number of aliphatic hydroxyl groups is 1. The van der Waals surface area contributed by atoms with E-state index in [9.17, 15) is 5.11 Å². The molecule has 1 heterocycles. The molecule has 3 nitrogen and oxygen atoms in total. The van der Waals surface area contributed by atoms with E-state index in [4.69, 9.17) is 0 Å². The standard InChI is InChI=1S/C8H14N2O/c1-8(2,11)6-10-7-4-3-5-9-7/h3-5,9-11H,6H2,1-2H3. The van der Waals surface area contributed by atoms with Crippen molar-refractivity contribution in [2.75, 3.05) is 11.9 Å². The van der Waals surface area contributed by atoms with Gasteiger partial charge in [0.2, 0.25) is 0 Å². The Kier molecular flexibility index (Phi) is 2.19. The summed E-state index contributed by atoms with van der Waals surface area (Å²) in [7, 11) is 0. The number of H-pyrrole nitrogens is 1. The zero-order valence-electron chi connectivity index (χ0n) is 6.89. The summed E-state index contributed by atoms with van der Waals surface area (Å²) >= 11 is 0. The van der Waals surface area contributed by atoms with E-state index in [1.54, 1.807) is 13.8 Å². The van der Waals surface area contributed by atoms with Crippen molar-refractivity contribution in [1.82, 2.24) is 4.98 Å². The van der Waals surface area contributed by atoms with Gasteiger partial charge >= 0.3 is 0 Å². The molecule has 0 spiro atoms. The van der Waals surface area contributed by atoms with E-state index in [0.717, 1.165) is 5.82 Å². The van der Waals surface area contributed by atoms with Crippen LogP contribution in [0.3, 0.4) is 0 Å². The second-order valence-electron chi connectivity index (χ2n) is 3.25. The van der Waals surface area contributed by atoms with Crippen molar-refractivity contribution < 1.29 is 5.11 Å². The van der Waals surface area contributed by atoms with E-state index in [2.05, 4.69) is 10.3 Å². The number of aromatic nitrogens is 1. The smallest absolute Gasteiger partial charge is 0.103 e. The Morgan fingerprint density at radius 2 is 2.36 bits per heavy atom. The fourth-order valence-electron chi connectivity index (χ4n) is 0.752. The second kappa shape index (κ2) is 2.96. The summed E-state index contributed by atoms with van der Waals surface area (Å²) < 4.78 is 0. The minimum absolute atomic E-state index is 0.549. The van der Waals surface area contributed by atoms with Crippen molar-refractivity contribution >= 4 is 5.82 Å². The molecule has 1 aromatic heterocycles. The lowest BCUT2D eigenvalue weighted by Gasteiger charge is -2.17. The van der Waals surface area contributed by atoms with Crippen LogP contribution in [0.5, 0.6) is 0 Å². The van der Waals surface area contributed by atoms with Gasteiger partial charge in [-0.3, -0.25) is 0 Å². The van der Waals surface area contributed by atoms with Gasteiger partial charge in [0.05, 0.1) is 5.60 Å². The topological polar surface area (TPSA) is 48.0 Å². The Labute approximate surface area is 66.4 Å². The maximum atomic E-state index is 9.34. The van der Waals surface area contributed by atoms with Gasteiger partial charge in [0.1, 0.15) is 5.82 Å². The summed E-state index contributed by atoms with van der Waals surface area (Å²) in [5.74, 6) is 0.937. The minimum Gasteiger partial charge on any atom is -0.389 e. The van der Waals surface area contributed by atoms with Gasteiger partial charge in [-0.25, -0.2) is 0 Å². The molecule has 0 saturated heterocycles. The molecule has 0 aliphatic rings. The third kappa shape index (κ3) is 3.09. The van der Waals surface area contributed by atoms with E-state index < -0.39 is 5.60 Å². The van der Waals surface area contributed by atoms with Crippen LogP contribution in [0.1, 0.15) is 13.8 Å². The lowest BCUT2D eigenvalue weighted by Crippen LogP contribution is -2.29. The number of hydrogen-bond donors (Lipinski definition) is 3. The van der Waals surface area contributed by atoms with Crippen LogP contribution >= 0.6 is 0 Å². The molecule has 62 valence electrons. The molecule has 0 unspecified atom stereocenters. The molecule has 1 rings (SSSR count). The first-order chi connectivity index (χ1) is 5.08. The van der Waals surface area contributed by atoms with E-state index >= 15 is 0 Å². The largest absolute Gasteiger partial charge is 0.389 e. The first kappa shape index (κ1) is 8.14. The summed E-state index contributed by atoms with van der Waals surface area (Å²) in [5, 5.41) is 12.4. The molecule has 0 aliphatic heterocycles. The van der Waals surface area contributed by atoms with E-state index in [1.165, 1.54) is 0 Å². The SMILES string of the molecule is CC(C)(O)CNc1ccc[nH]1. The van der Waals surface area contributed by atoms with E-state index in [-0.39, 0.29) is 0 Å². The normalized spacial score (nSPS) is 11.5. The molecule has 0 fully saturated rings. The third-order valence-electron chi connectivity index (χ3n) is 1.31. The Morgan fingerprint density at radius 1 is 1.64 bits per heavy atom. The molecule has 0 amide bonds. The Hall–Kier alpha value is -0.960. The highest BCUT2D eigenvalue weighted by atomic mass is 16.3. The fourth-order valence-corrected chi connectivity index (χ4v) is 0.752. The Bertz CT molecular complexity index is 198. The zero-order chi connectivity index (χ0) is 8.32. The molecule has 3 heteroatoms. The quantitative estimate of drug-likeness (QED) is 0.612. The lowest BCUT2D eigenvalue weighted by atomic mass is 10.1. The second-order valence-corrected chi connectivity index (χ2v) is 3.25. The number of anilines is 1. The fraction of sp³-hybridized carbons (Fsp3) is 0.500. The van der Waals surface area contributed by atoms with Gasteiger partial charge in [-0.2, -0.15) is 0 Å². The van der Waals surface area contributed by atoms with Crippen LogP contribution in [0.25, 0.3) is 0 Å². The molecule has 0 aliphatic carbocycles. The number of aromatic amines is 1. The summed E-state index contributed by atoms with van der Waals surface area (Å²) in [6.45, 7) is 4.08. The van der Waals surface area contributed by atoms with E-state index in [1.807, 2.05) is 18.3 Å². The molecule has 3 N–H and O–H groups in total. The highest BCUT2D eigenvalue weighted by molar-refractivity contribution is 5.34. The molecule has 11 heavy (non-hydrogen) atoms. The molecule has 0 atom stereocenters. The van der Waals surface area contributed by atoms with Crippen LogP contribution in [-0.4, -0.2) is 22.2 Å². The average molecular weight is 154 g/mol. The molecule has 0 radical (unpaired) electrons. The monoisotopic (exact) mass is 154 g/mol. The maximum Gasteiger partial charge on any atom is 0.103 e. The Morgan fingerprint density at radius 3 is 2.82 bits per heavy atom. The molecule has 0 aromatic carbocycles. The van der Waals surface area contributed by atoms with Gasteiger partial charge in [0, 0.05) is 12.7 Å². The van der Waals surface area contributed by atoms with Crippen molar-refractivity contribution in [3.05, 3.63) is 18.3 Å². The molecular formula is C8H14N2O. The van der Waals surface area contributed by atoms with Gasteiger partial charge in [-0.15, -0.1) is 0 Å². The maximum absolute atomic E-state index is 9.34. The van der Waals surface area contributed by atoms with Gasteiger partial charge in [-0.05, 0) is 26.0 Å². The summed E-state index contributed by atoms with van der Waals surface area (Å²) in [4.78, 5) is 2.99. The van der Waals surface area contributed by atoms with Crippen molar-refractivity contribution in [1.29, 1.82) is 0 Å². The van der Waals surface area contributed by atoms with Crippen molar-refractivity contribution in [3.8, 4) is 0 Å². The Balaban J connectivity index is 2.35. The predicted molar refractivity (Wildman–Crippen MR) is 45.6 cm³/mol. The number of rotatable bonds is 3. The number of hydrogen-bond acceptors (Lipinski definition) is 2. The molecule has 0 bridgehead atoms. The van der Waals surface area contributed by atoms with Crippen LogP contribution in [-0.2, 0) is 0 Å². The summed E-state index contributed by atoms with van der Waals surface area (Å²) in [6.07, 6.45) is 1.84. The molecular weight excluding hydrogens is 140 g/mol. The number of nitrogens with one attached hydrogen (secondary N) is 2. The highest BCUT2D eigenvalue weighted by Gasteiger charge is 2.11. The third-order valence-corrected chi connectivity index (χ3v) is 1.31. The van der Waals surface area contributed by atoms with Crippen molar-refractivity contribution in [3.63, 3.8) is 0 Å². The van der Waals surface area contributed by atoms with Crippen LogP contribution in [0.2, 0.25) is 0 Å². The minimum atomic E-state index is -0.662. The lowest BCUT2D eigenvalue weighted by molar-refractivity contribution is 0.0944. The molecule has 1 aromatic rings. The van der Waals surface area contributed by atoms with Gasteiger partial charge in [-0.1, -0.05) is 0 Å². The molecule has 0 saturated carbocycles. The summed E-state index contributed by atoms with van der Waals surface area (Å²) in [6, 6.07) is 3.83. The first-order valence-electron chi connectivity index (χ1n) is 3.67. The highest BCUT2D eigenvalue weighted by Crippen LogP contribution is 2.05. The van der Waals surface area contributed by atoms with Gasteiger partial charge in [0.15, 0.2) is 0 Å². The van der Waals surface area contributed by atoms with Crippen LogP contribution in [0.15, 0.2) is 18.3 Å². The van der Waals surface area contributed by atoms with Crippen LogP contribution in [0, 0.1) is 0 Å². The predicted octanol–water partition coefficient (Wildman–Crippen LogP) is 1.20. The van der Waals surface area contributed by atoms with Crippen LogP contribution < -0.4 is 5.32 Å².